The molecular weight excluding hydrogens is 327 g/mol. The molecule has 4 nitrogen and oxygen atoms in total. The fourth-order valence-electron chi connectivity index (χ4n) is 1.13. The van der Waals surface area contributed by atoms with Crippen molar-refractivity contribution in [3.05, 3.63) is 27.3 Å². The number of hydrogen-bond donors (Lipinski definition) is 4. The molecule has 0 aliphatic rings. The number of carboxylic acid groups (broad SMARTS) is 1. The molecule has 0 saturated carbocycles. The summed E-state index contributed by atoms with van der Waals surface area (Å²) in [6, 6.07) is 4.73. The van der Waals surface area contributed by atoms with Crippen LogP contribution in [0.25, 0.3) is 0 Å². The smallest absolute Gasteiger partial charge is 0.320 e. The van der Waals surface area contributed by atoms with Crippen molar-refractivity contribution in [3.63, 3.8) is 0 Å². The molecule has 0 aromatic heterocycles. The topological polar surface area (TPSA) is 75.3 Å². The van der Waals surface area contributed by atoms with Crippen LogP contribution in [-0.2, 0) is 11.2 Å². The van der Waals surface area contributed by atoms with Crippen molar-refractivity contribution in [1.29, 1.82) is 0 Å². The Morgan fingerprint density at radius 2 is 2.33 bits per heavy atom. The summed E-state index contributed by atoms with van der Waals surface area (Å²) in [4.78, 5) is 10.6. The van der Waals surface area contributed by atoms with Crippen LogP contribution in [0.2, 0.25) is 0 Å². The highest BCUT2D eigenvalue weighted by Gasteiger charge is 2.12. The van der Waals surface area contributed by atoms with E-state index in [0.717, 1.165) is 14.8 Å². The molecule has 4 N–H and O–H groups in total. The van der Waals surface area contributed by atoms with Gasteiger partial charge in [-0.1, -0.05) is 18.9 Å². The van der Waals surface area contributed by atoms with Gasteiger partial charge in [0.05, 0.1) is 5.69 Å². The van der Waals surface area contributed by atoms with Crippen LogP contribution in [0.4, 0.5) is 5.69 Å². The quantitative estimate of drug-likeness (QED) is 0.496. The third-order valence-corrected chi connectivity index (χ3v) is 3.11. The Kier molecular flexibility index (Phi) is 4.68. The van der Waals surface area contributed by atoms with Gasteiger partial charge in [-0.2, -0.15) is 0 Å². The first-order valence-corrected chi connectivity index (χ1v) is 5.74. The normalized spacial score (nSPS) is 12.2. The van der Waals surface area contributed by atoms with Crippen LogP contribution in [0.1, 0.15) is 5.56 Å². The molecule has 0 spiro atoms. The van der Waals surface area contributed by atoms with Crippen LogP contribution in [0.5, 0.6) is 0 Å². The van der Waals surface area contributed by atoms with Crippen LogP contribution in [0.3, 0.4) is 0 Å². The van der Waals surface area contributed by atoms with E-state index in [9.17, 15) is 4.79 Å². The Balaban J connectivity index is 2.83. The van der Waals surface area contributed by atoms with Crippen molar-refractivity contribution in [2.75, 3.05) is 4.72 Å². The SMILES string of the molecule is N[C@@H](Cc1ccc(I)c(NS)c1)C(=O)O. The molecule has 82 valence electrons. The summed E-state index contributed by atoms with van der Waals surface area (Å²) < 4.78 is 3.76. The van der Waals surface area contributed by atoms with E-state index in [1.165, 1.54) is 0 Å². The molecule has 0 aliphatic heterocycles. The number of rotatable bonds is 4. The Morgan fingerprint density at radius 1 is 1.67 bits per heavy atom. The lowest BCUT2D eigenvalue weighted by molar-refractivity contribution is -0.138. The number of anilines is 1. The largest absolute Gasteiger partial charge is 0.480 e. The zero-order valence-electron chi connectivity index (χ0n) is 7.77. The second-order valence-electron chi connectivity index (χ2n) is 3.07. The van der Waals surface area contributed by atoms with Crippen molar-refractivity contribution in [3.8, 4) is 0 Å². The van der Waals surface area contributed by atoms with E-state index in [4.69, 9.17) is 10.8 Å². The lowest BCUT2D eigenvalue weighted by Crippen LogP contribution is -2.32. The monoisotopic (exact) mass is 338 g/mol. The first-order chi connectivity index (χ1) is 7.04. The Bertz CT molecular complexity index is 373. The molecule has 0 unspecified atom stereocenters. The molecule has 0 bridgehead atoms. The maximum atomic E-state index is 10.6. The molecule has 15 heavy (non-hydrogen) atoms. The lowest BCUT2D eigenvalue weighted by Gasteiger charge is -2.09. The highest BCUT2D eigenvalue weighted by Crippen LogP contribution is 2.20. The van der Waals surface area contributed by atoms with Gasteiger partial charge < -0.3 is 15.6 Å². The number of hydrogen-bond acceptors (Lipinski definition) is 4. The van der Waals surface area contributed by atoms with E-state index in [-0.39, 0.29) is 0 Å². The average molecular weight is 338 g/mol. The van der Waals surface area contributed by atoms with Crippen LogP contribution in [-0.4, -0.2) is 17.1 Å². The predicted molar refractivity (Wildman–Crippen MR) is 71.1 cm³/mol. The maximum Gasteiger partial charge on any atom is 0.320 e. The van der Waals surface area contributed by atoms with E-state index in [1.807, 2.05) is 18.2 Å². The molecule has 0 aliphatic carbocycles. The minimum absolute atomic E-state index is 0.314. The van der Waals surface area contributed by atoms with Gasteiger partial charge in [-0.05, 0) is 46.7 Å². The summed E-state index contributed by atoms with van der Waals surface area (Å²) in [6.45, 7) is 0. The summed E-state index contributed by atoms with van der Waals surface area (Å²) in [7, 11) is 0. The zero-order valence-corrected chi connectivity index (χ0v) is 10.8. The average Bonchev–Trinajstić information content (AvgIpc) is 2.20. The van der Waals surface area contributed by atoms with E-state index in [2.05, 4.69) is 40.1 Å². The predicted octanol–water partition coefficient (Wildman–Crippen LogP) is 1.50. The van der Waals surface area contributed by atoms with Gasteiger partial charge in [-0.15, -0.1) is 0 Å². The number of carboxylic acids is 1. The fraction of sp³-hybridized carbons (Fsp3) is 0.222. The fourth-order valence-corrected chi connectivity index (χ4v) is 1.99. The van der Waals surface area contributed by atoms with Crippen molar-refractivity contribution in [2.24, 2.45) is 5.73 Å². The van der Waals surface area contributed by atoms with Gasteiger partial charge in [0, 0.05) is 3.57 Å². The molecule has 1 aromatic rings. The summed E-state index contributed by atoms with van der Waals surface area (Å²) in [5.41, 5.74) is 7.17. The number of carbonyl (C=O) groups is 1. The molecule has 1 aromatic carbocycles. The summed E-state index contributed by atoms with van der Waals surface area (Å²) in [6.07, 6.45) is 0.314. The third kappa shape index (κ3) is 3.54. The Morgan fingerprint density at radius 3 is 2.87 bits per heavy atom. The van der Waals surface area contributed by atoms with Gasteiger partial charge >= 0.3 is 5.97 Å². The molecule has 0 amide bonds. The first kappa shape index (κ1) is 12.6. The highest BCUT2D eigenvalue weighted by molar-refractivity contribution is 14.1. The van der Waals surface area contributed by atoms with Crippen molar-refractivity contribution < 1.29 is 9.90 Å². The van der Waals surface area contributed by atoms with Crippen LogP contribution in [0, 0.1) is 3.57 Å². The standard InChI is InChI=1S/C9H11IN2O2S/c10-6-2-1-5(4-8(6)12-15)3-7(11)9(13)14/h1-2,4,7,12,15H,3,11H2,(H,13,14)/t7-/m0/s1. The second-order valence-corrected chi connectivity index (χ2v) is 4.46. The minimum atomic E-state index is -0.992. The molecule has 0 fully saturated rings. The molecule has 6 heteroatoms. The number of nitrogens with one attached hydrogen (secondary N) is 1. The number of halogens is 1. The molecule has 1 atom stereocenters. The number of benzene rings is 1. The van der Waals surface area contributed by atoms with Crippen LogP contribution >= 0.6 is 35.4 Å². The van der Waals surface area contributed by atoms with Gasteiger partial charge in [0.15, 0.2) is 0 Å². The van der Waals surface area contributed by atoms with E-state index < -0.39 is 12.0 Å². The van der Waals surface area contributed by atoms with E-state index in [0.29, 0.717) is 6.42 Å². The van der Waals surface area contributed by atoms with Crippen molar-refractivity contribution in [2.45, 2.75) is 12.5 Å². The van der Waals surface area contributed by atoms with Gasteiger partial charge in [0.2, 0.25) is 0 Å². The number of nitrogens with two attached hydrogens (primary N) is 1. The highest BCUT2D eigenvalue weighted by atomic mass is 127. The second kappa shape index (κ2) is 5.57. The van der Waals surface area contributed by atoms with Gasteiger partial charge in [0.1, 0.15) is 6.04 Å². The van der Waals surface area contributed by atoms with Crippen LogP contribution < -0.4 is 10.5 Å². The van der Waals surface area contributed by atoms with Gasteiger partial charge in [0.25, 0.3) is 0 Å². The molecule has 1 rings (SSSR count). The number of aliphatic carboxylic acids is 1. The zero-order chi connectivity index (χ0) is 11.4. The van der Waals surface area contributed by atoms with Crippen molar-refractivity contribution in [1.82, 2.24) is 0 Å². The summed E-state index contributed by atoms with van der Waals surface area (Å²) in [5.74, 6) is -0.992. The first-order valence-electron chi connectivity index (χ1n) is 4.21. The van der Waals surface area contributed by atoms with Gasteiger partial charge in [-0.3, -0.25) is 4.79 Å². The van der Waals surface area contributed by atoms with Gasteiger partial charge in [-0.25, -0.2) is 0 Å². The van der Waals surface area contributed by atoms with E-state index >= 15 is 0 Å². The molecular formula is C9H11IN2O2S. The lowest BCUT2D eigenvalue weighted by atomic mass is 10.1. The minimum Gasteiger partial charge on any atom is -0.480 e. The summed E-state index contributed by atoms with van der Waals surface area (Å²) in [5, 5.41) is 8.67. The maximum absolute atomic E-state index is 10.6. The Labute approximate surface area is 107 Å². The molecule has 0 radical (unpaired) electrons. The van der Waals surface area contributed by atoms with Crippen LogP contribution in [0.15, 0.2) is 18.2 Å². The third-order valence-electron chi connectivity index (χ3n) is 1.92. The van der Waals surface area contributed by atoms with Crippen molar-refractivity contribution >= 4 is 47.1 Å². The summed E-state index contributed by atoms with van der Waals surface area (Å²) >= 11 is 6.12. The Hall–Kier alpha value is -0.470. The van der Waals surface area contributed by atoms with E-state index in [1.54, 1.807) is 0 Å². The number of thiol groups is 1. The molecule has 0 heterocycles. The molecule has 0 saturated heterocycles.